The molecule has 5 heteroatoms. The van der Waals surface area contributed by atoms with Crippen LogP contribution in [0.15, 0.2) is 30.5 Å². The minimum absolute atomic E-state index is 0.0353. The monoisotopic (exact) mass is 311 g/mol. The van der Waals surface area contributed by atoms with Crippen molar-refractivity contribution < 1.29 is 9.90 Å². The fraction of sp³-hybridized carbons (Fsp3) is 0.389. The summed E-state index contributed by atoms with van der Waals surface area (Å²) in [6.07, 6.45) is 2.21. The normalized spacial score (nSPS) is 20.8. The van der Waals surface area contributed by atoms with Crippen LogP contribution >= 0.6 is 0 Å². The van der Waals surface area contributed by atoms with Crippen LogP contribution in [0, 0.1) is 13.8 Å². The zero-order valence-corrected chi connectivity index (χ0v) is 13.7. The first kappa shape index (κ1) is 15.6. The van der Waals surface area contributed by atoms with E-state index in [1.54, 1.807) is 6.20 Å². The number of anilines is 1. The van der Waals surface area contributed by atoms with E-state index < -0.39 is 5.60 Å². The first-order valence-electron chi connectivity index (χ1n) is 7.79. The molecule has 1 aromatic carbocycles. The van der Waals surface area contributed by atoms with Crippen LogP contribution in [0.2, 0.25) is 0 Å². The number of hydrogen-bond acceptors (Lipinski definition) is 5. The lowest BCUT2D eigenvalue weighted by Gasteiger charge is -2.25. The summed E-state index contributed by atoms with van der Waals surface area (Å²) >= 11 is 0. The van der Waals surface area contributed by atoms with Gasteiger partial charge in [0.25, 0.3) is 0 Å². The van der Waals surface area contributed by atoms with Gasteiger partial charge in [-0.1, -0.05) is 24.3 Å². The number of aromatic nitrogens is 2. The molecule has 120 valence electrons. The fourth-order valence-electron chi connectivity index (χ4n) is 3.23. The summed E-state index contributed by atoms with van der Waals surface area (Å²) in [5.41, 5.74) is 2.37. The average Bonchev–Trinajstić information content (AvgIpc) is 2.90. The number of aryl methyl sites for hydroxylation is 2. The zero-order chi connectivity index (χ0) is 16.6. The summed E-state index contributed by atoms with van der Waals surface area (Å²) < 4.78 is 0. The number of Topliss-reactive ketones (excluding diaryl/α,β-unsaturated/α-hetero) is 1. The minimum atomic E-state index is -0.887. The van der Waals surface area contributed by atoms with Crippen molar-refractivity contribution in [3.8, 4) is 0 Å². The molecule has 3 rings (SSSR count). The Kier molecular flexibility index (Phi) is 3.90. The summed E-state index contributed by atoms with van der Waals surface area (Å²) in [6.45, 7) is 6.47. The van der Waals surface area contributed by atoms with Crippen LogP contribution in [0.25, 0.3) is 0 Å². The van der Waals surface area contributed by atoms with Gasteiger partial charge < -0.3 is 10.0 Å². The third kappa shape index (κ3) is 2.84. The summed E-state index contributed by atoms with van der Waals surface area (Å²) in [5.74, 6) is 0.531. The van der Waals surface area contributed by atoms with E-state index in [-0.39, 0.29) is 5.78 Å². The van der Waals surface area contributed by atoms with Gasteiger partial charge in [0.2, 0.25) is 5.95 Å². The number of rotatable bonds is 3. The fourth-order valence-corrected chi connectivity index (χ4v) is 3.23. The molecule has 1 fully saturated rings. The molecule has 23 heavy (non-hydrogen) atoms. The van der Waals surface area contributed by atoms with Crippen LogP contribution in [-0.4, -0.2) is 33.9 Å². The van der Waals surface area contributed by atoms with Gasteiger partial charge in [-0.2, -0.15) is 0 Å². The van der Waals surface area contributed by atoms with E-state index in [1.807, 2.05) is 43.0 Å². The largest absolute Gasteiger partial charge is 0.383 e. The van der Waals surface area contributed by atoms with E-state index in [9.17, 15) is 9.90 Å². The predicted molar refractivity (Wildman–Crippen MR) is 88.7 cm³/mol. The third-order valence-corrected chi connectivity index (χ3v) is 4.52. The number of nitrogens with zero attached hydrogens (tertiary/aromatic N) is 3. The average molecular weight is 311 g/mol. The highest BCUT2D eigenvalue weighted by Crippen LogP contribution is 2.35. The minimum Gasteiger partial charge on any atom is -0.383 e. The topological polar surface area (TPSA) is 66.3 Å². The van der Waals surface area contributed by atoms with Gasteiger partial charge >= 0.3 is 0 Å². The van der Waals surface area contributed by atoms with E-state index in [4.69, 9.17) is 0 Å². The molecular formula is C18H21N3O2. The molecule has 0 radical (unpaired) electrons. The van der Waals surface area contributed by atoms with E-state index in [1.165, 1.54) is 6.92 Å². The number of aliphatic hydroxyl groups is 1. The van der Waals surface area contributed by atoms with Crippen molar-refractivity contribution in [3.05, 3.63) is 52.8 Å². The maximum Gasteiger partial charge on any atom is 0.225 e. The molecule has 1 atom stereocenters. The lowest BCUT2D eigenvalue weighted by Crippen LogP contribution is -2.32. The smallest absolute Gasteiger partial charge is 0.225 e. The van der Waals surface area contributed by atoms with Crippen molar-refractivity contribution in [2.45, 2.75) is 32.8 Å². The standard InChI is InChI=1S/C18H21N3O2/c1-12-6-4-5-7-16(12)18(23)8-9-21(11-18)17-19-10-15(14(3)22)13(2)20-17/h4-7,10,23H,8-9,11H2,1-3H3. The lowest BCUT2D eigenvalue weighted by molar-refractivity contribution is 0.0599. The third-order valence-electron chi connectivity index (χ3n) is 4.52. The number of carbonyl (C=O) groups is 1. The molecule has 0 aliphatic carbocycles. The maximum absolute atomic E-state index is 11.5. The summed E-state index contributed by atoms with van der Waals surface area (Å²) in [5, 5.41) is 11.0. The molecule has 2 aromatic rings. The molecule has 0 amide bonds. The molecule has 1 N–H and O–H groups in total. The summed E-state index contributed by atoms with van der Waals surface area (Å²) in [6, 6.07) is 7.91. The van der Waals surface area contributed by atoms with Gasteiger partial charge in [-0.3, -0.25) is 4.79 Å². The molecule has 1 aliphatic heterocycles. The lowest BCUT2D eigenvalue weighted by atomic mass is 9.89. The molecule has 1 aromatic heterocycles. The Morgan fingerprint density at radius 3 is 2.70 bits per heavy atom. The second-order valence-corrected chi connectivity index (χ2v) is 6.24. The Bertz CT molecular complexity index is 760. The van der Waals surface area contributed by atoms with Gasteiger partial charge in [-0.25, -0.2) is 9.97 Å². The highest BCUT2D eigenvalue weighted by molar-refractivity contribution is 5.94. The van der Waals surface area contributed by atoms with Crippen molar-refractivity contribution in [2.75, 3.05) is 18.0 Å². The van der Waals surface area contributed by atoms with Gasteiger partial charge in [0.05, 0.1) is 17.8 Å². The molecule has 1 unspecified atom stereocenters. The zero-order valence-electron chi connectivity index (χ0n) is 13.7. The van der Waals surface area contributed by atoms with Gasteiger partial charge in [-0.15, -0.1) is 0 Å². The van der Waals surface area contributed by atoms with Crippen molar-refractivity contribution in [3.63, 3.8) is 0 Å². The molecule has 5 nitrogen and oxygen atoms in total. The highest BCUT2D eigenvalue weighted by Gasteiger charge is 2.39. The Morgan fingerprint density at radius 1 is 1.30 bits per heavy atom. The van der Waals surface area contributed by atoms with E-state index in [0.29, 0.717) is 36.7 Å². The SMILES string of the molecule is CC(=O)c1cnc(N2CCC(O)(c3ccccc3C)C2)nc1C. The maximum atomic E-state index is 11.5. The molecular weight excluding hydrogens is 290 g/mol. The van der Waals surface area contributed by atoms with Crippen molar-refractivity contribution in [1.82, 2.24) is 9.97 Å². The second kappa shape index (κ2) is 5.74. The van der Waals surface area contributed by atoms with Gasteiger partial charge in [0, 0.05) is 12.7 Å². The van der Waals surface area contributed by atoms with Crippen molar-refractivity contribution in [1.29, 1.82) is 0 Å². The van der Waals surface area contributed by atoms with E-state index in [0.717, 1.165) is 11.1 Å². The first-order valence-corrected chi connectivity index (χ1v) is 7.79. The van der Waals surface area contributed by atoms with E-state index >= 15 is 0 Å². The van der Waals surface area contributed by atoms with Crippen molar-refractivity contribution in [2.24, 2.45) is 0 Å². The van der Waals surface area contributed by atoms with Crippen LogP contribution in [0.5, 0.6) is 0 Å². The first-order chi connectivity index (χ1) is 10.9. The van der Waals surface area contributed by atoms with Gasteiger partial charge in [0.15, 0.2) is 5.78 Å². The van der Waals surface area contributed by atoms with Gasteiger partial charge in [0.1, 0.15) is 5.60 Å². The Labute approximate surface area is 136 Å². The molecule has 2 heterocycles. The summed E-state index contributed by atoms with van der Waals surface area (Å²) in [4.78, 5) is 22.2. The molecule has 0 spiro atoms. The molecule has 1 saturated heterocycles. The highest BCUT2D eigenvalue weighted by atomic mass is 16.3. The molecule has 0 saturated carbocycles. The molecule has 0 bridgehead atoms. The Hall–Kier alpha value is -2.27. The number of benzene rings is 1. The number of hydrogen-bond donors (Lipinski definition) is 1. The predicted octanol–water partition coefficient (Wildman–Crippen LogP) is 2.39. The van der Waals surface area contributed by atoms with Crippen molar-refractivity contribution >= 4 is 11.7 Å². The van der Waals surface area contributed by atoms with Crippen LogP contribution < -0.4 is 4.90 Å². The van der Waals surface area contributed by atoms with Crippen LogP contribution in [0.3, 0.4) is 0 Å². The summed E-state index contributed by atoms with van der Waals surface area (Å²) in [7, 11) is 0. The van der Waals surface area contributed by atoms with E-state index in [2.05, 4.69) is 9.97 Å². The Balaban J connectivity index is 1.87. The van der Waals surface area contributed by atoms with Crippen LogP contribution in [0.4, 0.5) is 5.95 Å². The second-order valence-electron chi connectivity index (χ2n) is 6.24. The Morgan fingerprint density at radius 2 is 2.04 bits per heavy atom. The van der Waals surface area contributed by atoms with Crippen LogP contribution in [0.1, 0.15) is 40.5 Å². The number of β-amino-alcohol motifs (C(OH)–C–C–N with tert-alkyl or cyclic N) is 1. The molecule has 1 aliphatic rings. The van der Waals surface area contributed by atoms with Gasteiger partial charge in [-0.05, 0) is 38.3 Å². The number of carbonyl (C=O) groups excluding carboxylic acids is 1. The quantitative estimate of drug-likeness (QED) is 0.882. The van der Waals surface area contributed by atoms with Crippen LogP contribution in [-0.2, 0) is 5.60 Å². The number of ketones is 1.